The summed E-state index contributed by atoms with van der Waals surface area (Å²) >= 11 is 0. The smallest absolute Gasteiger partial charge is 0.521 e. The van der Waals surface area contributed by atoms with E-state index in [4.69, 9.17) is 0 Å². The van der Waals surface area contributed by atoms with Gasteiger partial charge in [0, 0.05) is 0 Å². The molecule has 2 saturated carbocycles. The first-order valence-corrected chi connectivity index (χ1v) is 13.1. The van der Waals surface area contributed by atoms with E-state index in [1.807, 2.05) is 0 Å². The van der Waals surface area contributed by atoms with Crippen LogP contribution in [0.25, 0.3) is 0 Å². The Labute approximate surface area is 168 Å². The molecule has 2 fully saturated rings. The minimum Gasteiger partial charge on any atom is -0.521 e. The Morgan fingerprint density at radius 1 is 0.500 bits per heavy atom. The molecule has 24 heavy (non-hydrogen) atoms. The van der Waals surface area contributed by atoms with Crippen LogP contribution < -0.4 is 0 Å². The minimum atomic E-state index is -1.26. The van der Waals surface area contributed by atoms with Gasteiger partial charge in [-0.3, -0.25) is 6.58 Å². The van der Waals surface area contributed by atoms with Crippen molar-refractivity contribution in [3.8, 4) is 0 Å². The Bertz CT molecular complexity index is 331. The van der Waals surface area contributed by atoms with E-state index in [2.05, 4.69) is 81.6 Å². The van der Waals surface area contributed by atoms with Gasteiger partial charge in [0.2, 0.25) is 0 Å². The van der Waals surface area contributed by atoms with Crippen molar-refractivity contribution in [2.24, 2.45) is 47.3 Å². The van der Waals surface area contributed by atoms with Crippen LogP contribution in [0.1, 0.15) is 55.4 Å². The zero-order chi connectivity index (χ0) is 18.3. The monoisotopic (exact) mass is 433 g/mol. The molecule has 8 unspecified atom stereocenters. The van der Waals surface area contributed by atoms with Gasteiger partial charge in [-0.05, 0) is 58.4 Å². The third-order valence-corrected chi connectivity index (χ3v) is 14.5. The van der Waals surface area contributed by atoms with Gasteiger partial charge < -0.3 is 6.58 Å². The minimum absolute atomic E-state index is 0. The van der Waals surface area contributed by atoms with Crippen LogP contribution in [0.3, 0.4) is 0 Å². The molecule has 2 heteroatoms. The van der Waals surface area contributed by atoms with Crippen LogP contribution in [0.2, 0.25) is 24.2 Å². The molecule has 0 aliphatic heterocycles. The Hall–Kier alpha value is 0.645. The summed E-state index contributed by atoms with van der Waals surface area (Å²) in [5, 5.41) is 0. The van der Waals surface area contributed by atoms with Gasteiger partial charge in [0.15, 0.2) is 0 Å². The molecule has 8 atom stereocenters. The SMILES string of the molecule is CC1C(C)C(C)C([Si](C)(C)C2C(C)C(C)C(C)C2C)C1C.[CH-]=C.[Mo+3]. The molecule has 2 rings (SSSR count). The van der Waals surface area contributed by atoms with E-state index in [0.717, 1.165) is 58.4 Å². The van der Waals surface area contributed by atoms with Crippen molar-refractivity contribution in [2.75, 3.05) is 0 Å². The van der Waals surface area contributed by atoms with Gasteiger partial charge in [0.05, 0.1) is 8.07 Å². The topological polar surface area (TPSA) is 0 Å². The molecule has 0 spiro atoms. The summed E-state index contributed by atoms with van der Waals surface area (Å²) in [6.07, 6.45) is 0. The predicted octanol–water partition coefficient (Wildman–Crippen LogP) is 7.15. The Morgan fingerprint density at radius 2 is 0.667 bits per heavy atom. The van der Waals surface area contributed by atoms with Crippen molar-refractivity contribution in [3.63, 3.8) is 0 Å². The molecule has 0 nitrogen and oxygen atoms in total. The van der Waals surface area contributed by atoms with E-state index in [9.17, 15) is 0 Å². The van der Waals surface area contributed by atoms with E-state index in [1.54, 1.807) is 0 Å². The van der Waals surface area contributed by atoms with Crippen molar-refractivity contribution in [1.29, 1.82) is 0 Å². The molecular weight excluding hydrogens is 388 g/mol. The van der Waals surface area contributed by atoms with Gasteiger partial charge in [-0.25, -0.2) is 0 Å². The summed E-state index contributed by atoms with van der Waals surface area (Å²) in [6.45, 7) is 32.8. The molecule has 1 radical (unpaired) electrons. The maximum Gasteiger partial charge on any atom is 3.00 e. The standard InChI is InChI=1S/C20H40Si.C2H3.Mo/c1-11-12(2)16(6)19(15(11)5)21(9,10)20-17(7)13(3)14(4)18(20)8;1-2;/h11-20H,1-10H3;1H,2H2;/q;-1;+3. The summed E-state index contributed by atoms with van der Waals surface area (Å²) in [5.41, 5.74) is 2.05. The quantitative estimate of drug-likeness (QED) is 0.322. The van der Waals surface area contributed by atoms with Gasteiger partial charge in [-0.2, -0.15) is 0 Å². The zero-order valence-electron chi connectivity index (χ0n) is 18.0. The molecule has 2 aliphatic carbocycles. The summed E-state index contributed by atoms with van der Waals surface area (Å²) < 4.78 is 0. The van der Waals surface area contributed by atoms with Crippen molar-refractivity contribution < 1.29 is 21.1 Å². The molecule has 0 heterocycles. The molecule has 0 saturated heterocycles. The first-order valence-electron chi connectivity index (χ1n) is 9.94. The second kappa shape index (κ2) is 9.03. The third kappa shape index (κ3) is 3.83. The van der Waals surface area contributed by atoms with E-state index < -0.39 is 8.07 Å². The largest absolute Gasteiger partial charge is 3.00 e. The maximum absolute atomic E-state index is 4.25. The molecule has 0 aromatic rings. The fourth-order valence-corrected chi connectivity index (χ4v) is 14.2. The van der Waals surface area contributed by atoms with Crippen molar-refractivity contribution in [2.45, 2.75) is 79.6 Å². The first-order chi connectivity index (χ1) is 10.5. The summed E-state index contributed by atoms with van der Waals surface area (Å²) in [7, 11) is -1.26. The van der Waals surface area contributed by atoms with E-state index in [-0.39, 0.29) is 21.1 Å². The number of hydrogen-bond acceptors (Lipinski definition) is 0. The summed E-state index contributed by atoms with van der Waals surface area (Å²) in [5.74, 6) is 7.39. The second-order valence-corrected chi connectivity index (χ2v) is 14.7. The van der Waals surface area contributed by atoms with Gasteiger partial charge in [0.25, 0.3) is 0 Å². The predicted molar refractivity (Wildman–Crippen MR) is 108 cm³/mol. The maximum atomic E-state index is 4.25. The van der Waals surface area contributed by atoms with E-state index in [1.165, 1.54) is 0 Å². The van der Waals surface area contributed by atoms with Crippen molar-refractivity contribution in [1.82, 2.24) is 0 Å². The van der Waals surface area contributed by atoms with Crippen molar-refractivity contribution >= 4 is 8.07 Å². The molecule has 0 aromatic heterocycles. The summed E-state index contributed by atoms with van der Waals surface area (Å²) in [6, 6.07) is 0. The molecule has 0 aromatic carbocycles. The van der Waals surface area contributed by atoms with Gasteiger partial charge in [-0.1, -0.05) is 68.5 Å². The van der Waals surface area contributed by atoms with Gasteiger partial charge >= 0.3 is 21.1 Å². The third-order valence-electron chi connectivity index (χ3n) is 8.96. The number of hydrogen-bond donors (Lipinski definition) is 0. The Morgan fingerprint density at radius 3 is 0.833 bits per heavy atom. The van der Waals surface area contributed by atoms with Gasteiger partial charge in [0.1, 0.15) is 0 Å². The van der Waals surface area contributed by atoms with Crippen LogP contribution in [0.5, 0.6) is 0 Å². The number of rotatable bonds is 2. The molecule has 0 amide bonds. The molecule has 2 aliphatic rings. The van der Waals surface area contributed by atoms with E-state index >= 15 is 0 Å². The van der Waals surface area contributed by atoms with Crippen LogP contribution in [-0.4, -0.2) is 8.07 Å². The average molecular weight is 432 g/mol. The van der Waals surface area contributed by atoms with Crippen LogP contribution in [0.15, 0.2) is 6.58 Å². The normalized spacial score (nSPS) is 48.4. The fourth-order valence-electron chi connectivity index (χ4n) is 7.11. The van der Waals surface area contributed by atoms with E-state index in [0.29, 0.717) is 0 Å². The zero-order valence-corrected chi connectivity index (χ0v) is 21.0. The van der Waals surface area contributed by atoms with Crippen LogP contribution >= 0.6 is 0 Å². The molecular formula is C22H43MoSi+2. The second-order valence-electron chi connectivity index (χ2n) is 9.75. The van der Waals surface area contributed by atoms with Gasteiger partial charge in [-0.15, -0.1) is 0 Å². The van der Waals surface area contributed by atoms with Crippen molar-refractivity contribution in [3.05, 3.63) is 13.2 Å². The molecule has 0 bridgehead atoms. The first kappa shape index (κ1) is 24.6. The van der Waals surface area contributed by atoms with Crippen LogP contribution in [0, 0.1) is 53.9 Å². The summed E-state index contributed by atoms with van der Waals surface area (Å²) in [4.78, 5) is 0. The fraction of sp³-hybridized carbons (Fsp3) is 0.909. The average Bonchev–Trinajstić information content (AvgIpc) is 2.82. The van der Waals surface area contributed by atoms with Crippen LogP contribution in [0.4, 0.5) is 0 Å². The Balaban J connectivity index is 0.00000170. The Kier molecular flexibility index (Phi) is 9.27. The van der Waals surface area contributed by atoms with Crippen LogP contribution in [-0.2, 0) is 21.1 Å². The molecule has 139 valence electrons. The molecule has 0 N–H and O–H groups in total.